The monoisotopic (exact) mass is 321 g/mol. The molecule has 1 heterocycles. The first-order valence-electron chi connectivity index (χ1n) is 8.56. The molecule has 4 rings (SSSR count). The molecule has 0 aliphatic heterocycles. The van der Waals surface area contributed by atoms with Gasteiger partial charge in [0.15, 0.2) is 0 Å². The van der Waals surface area contributed by atoms with E-state index in [1.165, 1.54) is 36.2 Å². The zero-order valence-corrected chi connectivity index (χ0v) is 13.5. The predicted octanol–water partition coefficient (Wildman–Crippen LogP) is 4.84. The van der Waals surface area contributed by atoms with Gasteiger partial charge >= 0.3 is 0 Å². The molecule has 1 aliphatic carbocycles. The molecule has 3 aromatic rings. The quantitative estimate of drug-likeness (QED) is 0.729. The van der Waals surface area contributed by atoms with Crippen LogP contribution in [0.2, 0.25) is 0 Å². The minimum Gasteiger partial charge on any atom is -0.396 e. The van der Waals surface area contributed by atoms with E-state index in [1.807, 2.05) is 30.3 Å². The topological polar surface area (TPSA) is 33.1 Å². The number of aliphatic hydroxyl groups excluding tert-OH is 1. The lowest BCUT2D eigenvalue weighted by atomic mass is 9.90. The highest BCUT2D eigenvalue weighted by molar-refractivity contribution is 5.96. The molecule has 1 saturated carbocycles. The van der Waals surface area contributed by atoms with Crippen molar-refractivity contribution in [3.63, 3.8) is 0 Å². The molecule has 0 spiro atoms. The number of hydrogen-bond acceptors (Lipinski definition) is 2. The predicted molar refractivity (Wildman–Crippen MR) is 94.5 cm³/mol. The number of aliphatic hydroxyl groups is 1. The SMILES string of the molecule is OCCCc1c(C2CC2)nc2ccccc2c1-c1ccc(F)cc1. The van der Waals surface area contributed by atoms with Crippen molar-refractivity contribution < 1.29 is 9.50 Å². The smallest absolute Gasteiger partial charge is 0.123 e. The zero-order valence-electron chi connectivity index (χ0n) is 13.5. The third-order valence-corrected chi connectivity index (χ3v) is 4.71. The molecule has 0 amide bonds. The Hall–Kier alpha value is -2.26. The maximum Gasteiger partial charge on any atom is 0.123 e. The second kappa shape index (κ2) is 6.33. The highest BCUT2D eigenvalue weighted by atomic mass is 19.1. The van der Waals surface area contributed by atoms with Gasteiger partial charge in [0.1, 0.15) is 5.82 Å². The first-order valence-corrected chi connectivity index (χ1v) is 8.56. The molecule has 1 fully saturated rings. The number of benzene rings is 2. The van der Waals surface area contributed by atoms with Gasteiger partial charge in [-0.2, -0.15) is 0 Å². The van der Waals surface area contributed by atoms with Crippen molar-refractivity contribution >= 4 is 10.9 Å². The molecule has 122 valence electrons. The largest absolute Gasteiger partial charge is 0.396 e. The summed E-state index contributed by atoms with van der Waals surface area (Å²) in [5.41, 5.74) is 5.55. The Morgan fingerprint density at radius 1 is 1.04 bits per heavy atom. The molecular formula is C21H20FNO. The Bertz CT molecular complexity index is 869. The van der Waals surface area contributed by atoms with E-state index in [0.29, 0.717) is 12.3 Å². The Balaban J connectivity index is 2.00. The van der Waals surface area contributed by atoms with Crippen molar-refractivity contribution in [2.45, 2.75) is 31.6 Å². The fourth-order valence-corrected chi connectivity index (χ4v) is 3.42. The summed E-state index contributed by atoms with van der Waals surface area (Å²) < 4.78 is 13.4. The zero-order chi connectivity index (χ0) is 16.5. The van der Waals surface area contributed by atoms with Gasteiger partial charge < -0.3 is 5.11 Å². The fourth-order valence-electron chi connectivity index (χ4n) is 3.42. The Morgan fingerprint density at radius 2 is 1.79 bits per heavy atom. The number of para-hydroxylation sites is 1. The second-order valence-electron chi connectivity index (χ2n) is 6.48. The molecule has 0 saturated heterocycles. The summed E-state index contributed by atoms with van der Waals surface area (Å²) in [6.45, 7) is 0.166. The Morgan fingerprint density at radius 3 is 2.50 bits per heavy atom. The lowest BCUT2D eigenvalue weighted by Crippen LogP contribution is -2.03. The molecule has 1 N–H and O–H groups in total. The van der Waals surface area contributed by atoms with Gasteiger partial charge in [-0.25, -0.2) is 4.39 Å². The molecule has 0 radical (unpaired) electrons. The number of hydrogen-bond donors (Lipinski definition) is 1. The molecule has 1 aromatic heterocycles. The Labute approximate surface area is 141 Å². The van der Waals surface area contributed by atoms with Gasteiger partial charge in [0, 0.05) is 23.6 Å². The van der Waals surface area contributed by atoms with Crippen LogP contribution in [0.5, 0.6) is 0 Å². The van der Waals surface area contributed by atoms with E-state index in [9.17, 15) is 9.50 Å². The van der Waals surface area contributed by atoms with Crippen molar-refractivity contribution in [3.05, 3.63) is 65.6 Å². The minimum atomic E-state index is -0.226. The van der Waals surface area contributed by atoms with E-state index in [2.05, 4.69) is 6.07 Å². The van der Waals surface area contributed by atoms with Gasteiger partial charge in [0.05, 0.1) is 5.52 Å². The summed E-state index contributed by atoms with van der Waals surface area (Å²) in [6.07, 6.45) is 3.88. The number of nitrogens with zero attached hydrogens (tertiary/aromatic N) is 1. The van der Waals surface area contributed by atoms with Crippen LogP contribution in [0, 0.1) is 5.82 Å². The van der Waals surface area contributed by atoms with Crippen LogP contribution in [-0.2, 0) is 6.42 Å². The summed E-state index contributed by atoms with van der Waals surface area (Å²) in [5, 5.41) is 10.4. The summed E-state index contributed by atoms with van der Waals surface area (Å²) >= 11 is 0. The van der Waals surface area contributed by atoms with E-state index in [4.69, 9.17) is 4.98 Å². The third-order valence-electron chi connectivity index (χ3n) is 4.71. The van der Waals surface area contributed by atoms with Crippen molar-refractivity contribution in [3.8, 4) is 11.1 Å². The van der Waals surface area contributed by atoms with E-state index in [-0.39, 0.29) is 12.4 Å². The lowest BCUT2D eigenvalue weighted by Gasteiger charge is -2.17. The van der Waals surface area contributed by atoms with Gasteiger partial charge in [-0.15, -0.1) is 0 Å². The van der Waals surface area contributed by atoms with Gasteiger partial charge in [0.2, 0.25) is 0 Å². The average molecular weight is 321 g/mol. The van der Waals surface area contributed by atoms with E-state index in [0.717, 1.165) is 28.5 Å². The fraction of sp³-hybridized carbons (Fsp3) is 0.286. The normalized spacial score (nSPS) is 14.2. The van der Waals surface area contributed by atoms with E-state index < -0.39 is 0 Å². The van der Waals surface area contributed by atoms with Gasteiger partial charge in [0.25, 0.3) is 0 Å². The van der Waals surface area contributed by atoms with Crippen LogP contribution in [0.15, 0.2) is 48.5 Å². The number of aromatic nitrogens is 1. The first kappa shape index (κ1) is 15.3. The van der Waals surface area contributed by atoms with Crippen LogP contribution < -0.4 is 0 Å². The van der Waals surface area contributed by atoms with Gasteiger partial charge in [-0.1, -0.05) is 30.3 Å². The Kier molecular flexibility index (Phi) is 4.03. The highest BCUT2D eigenvalue weighted by Gasteiger charge is 2.29. The lowest BCUT2D eigenvalue weighted by molar-refractivity contribution is 0.288. The van der Waals surface area contributed by atoms with Crippen LogP contribution in [0.3, 0.4) is 0 Å². The van der Waals surface area contributed by atoms with Crippen LogP contribution in [-0.4, -0.2) is 16.7 Å². The van der Waals surface area contributed by atoms with E-state index in [1.54, 1.807) is 0 Å². The summed E-state index contributed by atoms with van der Waals surface area (Å²) in [5.74, 6) is 0.305. The van der Waals surface area contributed by atoms with Crippen LogP contribution in [0.25, 0.3) is 22.0 Å². The molecule has 0 atom stereocenters. The molecule has 2 aromatic carbocycles. The average Bonchev–Trinajstić information content (AvgIpc) is 3.44. The van der Waals surface area contributed by atoms with Gasteiger partial charge in [-0.3, -0.25) is 4.98 Å². The number of rotatable bonds is 5. The second-order valence-corrected chi connectivity index (χ2v) is 6.48. The maximum absolute atomic E-state index is 13.4. The molecule has 0 unspecified atom stereocenters. The van der Waals surface area contributed by atoms with Crippen LogP contribution in [0.4, 0.5) is 4.39 Å². The van der Waals surface area contributed by atoms with Crippen molar-refractivity contribution in [2.75, 3.05) is 6.61 Å². The standard InChI is InChI=1S/C21H20FNO/c22-16-11-9-14(10-12-16)20-17-4-1-2-6-19(17)23-21(15-7-8-15)18(20)5-3-13-24/h1-2,4,6,9-12,15,24H,3,5,7-8,13H2. The van der Waals surface area contributed by atoms with Crippen molar-refractivity contribution in [1.82, 2.24) is 4.98 Å². The summed E-state index contributed by atoms with van der Waals surface area (Å²) in [6, 6.07) is 14.9. The molecule has 24 heavy (non-hydrogen) atoms. The van der Waals surface area contributed by atoms with Crippen LogP contribution >= 0.6 is 0 Å². The summed E-state index contributed by atoms with van der Waals surface area (Å²) in [7, 11) is 0. The van der Waals surface area contributed by atoms with Gasteiger partial charge in [-0.05, 0) is 60.6 Å². The number of pyridine rings is 1. The van der Waals surface area contributed by atoms with E-state index >= 15 is 0 Å². The highest BCUT2D eigenvalue weighted by Crippen LogP contribution is 2.45. The number of halogens is 1. The molecule has 2 nitrogen and oxygen atoms in total. The van der Waals surface area contributed by atoms with Crippen molar-refractivity contribution in [1.29, 1.82) is 0 Å². The minimum absolute atomic E-state index is 0.166. The molecule has 3 heteroatoms. The molecule has 0 bridgehead atoms. The molecular weight excluding hydrogens is 301 g/mol. The maximum atomic E-state index is 13.4. The molecule has 1 aliphatic rings. The third kappa shape index (κ3) is 2.80. The number of fused-ring (bicyclic) bond motifs is 1. The van der Waals surface area contributed by atoms with Crippen molar-refractivity contribution in [2.24, 2.45) is 0 Å². The van der Waals surface area contributed by atoms with Crippen LogP contribution in [0.1, 0.15) is 36.4 Å². The first-order chi connectivity index (χ1) is 11.8. The summed E-state index contributed by atoms with van der Waals surface area (Å²) in [4.78, 5) is 4.94.